The van der Waals surface area contributed by atoms with E-state index in [1.54, 1.807) is 23.1 Å². The number of hydrogen-bond donors (Lipinski definition) is 1. The fourth-order valence-corrected chi connectivity index (χ4v) is 1.85. The van der Waals surface area contributed by atoms with Gasteiger partial charge in [-0.2, -0.15) is 5.10 Å². The molecule has 0 radical (unpaired) electrons. The molecule has 0 atom stereocenters. The molecule has 0 saturated heterocycles. The van der Waals surface area contributed by atoms with E-state index >= 15 is 0 Å². The van der Waals surface area contributed by atoms with E-state index < -0.39 is 0 Å². The smallest absolute Gasteiger partial charge is 0.163 e. The van der Waals surface area contributed by atoms with Crippen molar-refractivity contribution in [3.63, 3.8) is 0 Å². The minimum Gasteiger partial charge on any atom is -0.384 e. The predicted octanol–water partition coefficient (Wildman–Crippen LogP) is 2.56. The number of anilines is 1. The van der Waals surface area contributed by atoms with Gasteiger partial charge >= 0.3 is 0 Å². The van der Waals surface area contributed by atoms with Crippen molar-refractivity contribution in [2.45, 2.75) is 0 Å². The Kier molecular flexibility index (Phi) is 2.89. The monoisotopic (exact) mass is 271 g/mol. The van der Waals surface area contributed by atoms with E-state index in [4.69, 9.17) is 17.3 Å². The summed E-state index contributed by atoms with van der Waals surface area (Å²) in [5, 5.41) is 4.64. The van der Waals surface area contributed by atoms with Crippen molar-refractivity contribution in [3.05, 3.63) is 53.8 Å². The third-order valence-corrected chi connectivity index (χ3v) is 2.75. The fourth-order valence-electron chi connectivity index (χ4n) is 1.71. The first-order chi connectivity index (χ1) is 9.22. The van der Waals surface area contributed by atoms with Gasteiger partial charge < -0.3 is 5.73 Å². The molecule has 3 aromatic rings. The number of hydrogen-bond acceptors (Lipinski definition) is 4. The van der Waals surface area contributed by atoms with Gasteiger partial charge in [0.25, 0.3) is 0 Å². The number of halogens is 1. The Morgan fingerprint density at radius 1 is 1.11 bits per heavy atom. The van der Waals surface area contributed by atoms with Crippen molar-refractivity contribution in [2.75, 3.05) is 5.73 Å². The molecule has 6 heteroatoms. The predicted molar refractivity (Wildman–Crippen MR) is 74.0 cm³/mol. The molecule has 5 nitrogen and oxygen atoms in total. The van der Waals surface area contributed by atoms with Gasteiger partial charge in [-0.15, -0.1) is 0 Å². The van der Waals surface area contributed by atoms with Crippen LogP contribution in [0.5, 0.6) is 0 Å². The highest BCUT2D eigenvalue weighted by Crippen LogP contribution is 2.18. The minimum atomic E-state index is 0.385. The summed E-state index contributed by atoms with van der Waals surface area (Å²) in [5.41, 5.74) is 6.71. The summed E-state index contributed by atoms with van der Waals surface area (Å²) in [4.78, 5) is 8.67. The van der Waals surface area contributed by atoms with Gasteiger partial charge in [-0.3, -0.25) is 0 Å². The van der Waals surface area contributed by atoms with Crippen molar-refractivity contribution >= 4 is 17.4 Å². The van der Waals surface area contributed by atoms with Gasteiger partial charge in [0, 0.05) is 11.6 Å². The molecular weight excluding hydrogens is 262 g/mol. The van der Waals surface area contributed by atoms with Gasteiger partial charge in [0.05, 0.1) is 17.4 Å². The highest BCUT2D eigenvalue weighted by atomic mass is 35.5. The first kappa shape index (κ1) is 11.7. The molecule has 0 aliphatic rings. The zero-order chi connectivity index (χ0) is 13.2. The Morgan fingerprint density at radius 2 is 1.89 bits per heavy atom. The lowest BCUT2D eigenvalue weighted by atomic mass is 10.2. The first-order valence-corrected chi connectivity index (χ1v) is 6.01. The number of rotatable bonds is 2. The number of nitrogen functional groups attached to an aromatic ring is 1. The highest BCUT2D eigenvalue weighted by molar-refractivity contribution is 6.30. The van der Waals surface area contributed by atoms with E-state index in [-0.39, 0.29) is 0 Å². The fraction of sp³-hybridized carbons (Fsp3) is 0. The lowest BCUT2D eigenvalue weighted by molar-refractivity contribution is 0.843. The van der Waals surface area contributed by atoms with Crippen LogP contribution >= 0.6 is 11.6 Å². The van der Waals surface area contributed by atoms with E-state index in [2.05, 4.69) is 15.1 Å². The molecule has 0 aliphatic carbocycles. The summed E-state index contributed by atoms with van der Waals surface area (Å²) in [6.07, 6.45) is 3.21. The zero-order valence-corrected chi connectivity index (χ0v) is 10.6. The van der Waals surface area contributed by atoms with Crippen LogP contribution in [0.3, 0.4) is 0 Å². The van der Waals surface area contributed by atoms with Gasteiger partial charge in [-0.25, -0.2) is 14.6 Å². The average molecular weight is 272 g/mol. The largest absolute Gasteiger partial charge is 0.384 e. The molecule has 0 amide bonds. The summed E-state index contributed by atoms with van der Waals surface area (Å²) in [6, 6.07) is 11.3. The quantitative estimate of drug-likeness (QED) is 0.778. The van der Waals surface area contributed by atoms with Crippen molar-refractivity contribution in [1.29, 1.82) is 0 Å². The SMILES string of the molecule is Nc1cc(-n2cc(Cl)cn2)nc(-c2ccccc2)n1. The standard InChI is InChI=1S/C13H10ClN5/c14-10-7-16-19(8-10)12-6-11(15)17-13(18-12)9-4-2-1-3-5-9/h1-8H,(H2,15,17,18). The number of benzene rings is 1. The second-order valence-electron chi connectivity index (χ2n) is 3.94. The van der Waals surface area contributed by atoms with Crippen molar-refractivity contribution < 1.29 is 0 Å². The maximum atomic E-state index is 5.85. The van der Waals surface area contributed by atoms with E-state index in [0.29, 0.717) is 22.5 Å². The number of nitrogens with two attached hydrogens (primary N) is 1. The molecule has 2 aromatic heterocycles. The average Bonchev–Trinajstić information content (AvgIpc) is 2.86. The third-order valence-electron chi connectivity index (χ3n) is 2.55. The van der Waals surface area contributed by atoms with Crippen LogP contribution in [-0.4, -0.2) is 19.7 Å². The third kappa shape index (κ3) is 2.41. The molecule has 2 N–H and O–H groups in total. The van der Waals surface area contributed by atoms with Crippen LogP contribution in [0.2, 0.25) is 5.02 Å². The lowest BCUT2D eigenvalue weighted by Crippen LogP contribution is -2.03. The van der Waals surface area contributed by atoms with Crippen LogP contribution in [0, 0.1) is 0 Å². The summed E-state index contributed by atoms with van der Waals surface area (Å²) in [6.45, 7) is 0. The van der Waals surface area contributed by atoms with Crippen LogP contribution in [-0.2, 0) is 0 Å². The van der Waals surface area contributed by atoms with E-state index in [1.807, 2.05) is 30.3 Å². The van der Waals surface area contributed by atoms with E-state index in [9.17, 15) is 0 Å². The Bertz CT molecular complexity index is 708. The molecule has 0 bridgehead atoms. The highest BCUT2D eigenvalue weighted by Gasteiger charge is 2.07. The number of nitrogens with zero attached hydrogens (tertiary/aromatic N) is 4. The van der Waals surface area contributed by atoms with Gasteiger partial charge in [-0.1, -0.05) is 41.9 Å². The molecule has 1 aromatic carbocycles. The molecule has 0 fully saturated rings. The Balaban J connectivity index is 2.11. The van der Waals surface area contributed by atoms with Crippen LogP contribution in [0.15, 0.2) is 48.8 Å². The summed E-state index contributed by atoms with van der Waals surface area (Å²) in [5.74, 6) is 1.52. The van der Waals surface area contributed by atoms with Gasteiger partial charge in [-0.05, 0) is 0 Å². The molecule has 94 valence electrons. The summed E-state index contributed by atoms with van der Waals surface area (Å²) < 4.78 is 1.56. The first-order valence-electron chi connectivity index (χ1n) is 5.63. The van der Waals surface area contributed by atoms with Crippen molar-refractivity contribution in [3.8, 4) is 17.2 Å². The summed E-state index contributed by atoms with van der Waals surface area (Å²) in [7, 11) is 0. The van der Waals surface area contributed by atoms with Crippen LogP contribution in [0.1, 0.15) is 0 Å². The van der Waals surface area contributed by atoms with E-state index in [1.165, 1.54) is 0 Å². The van der Waals surface area contributed by atoms with Crippen LogP contribution in [0.4, 0.5) is 5.82 Å². The number of aromatic nitrogens is 4. The normalized spacial score (nSPS) is 10.6. The minimum absolute atomic E-state index is 0.385. The maximum Gasteiger partial charge on any atom is 0.163 e. The van der Waals surface area contributed by atoms with Crippen LogP contribution in [0.25, 0.3) is 17.2 Å². The molecule has 0 aliphatic heterocycles. The zero-order valence-electron chi connectivity index (χ0n) is 9.86. The molecule has 3 rings (SSSR count). The van der Waals surface area contributed by atoms with Crippen LogP contribution < -0.4 is 5.73 Å². The summed E-state index contributed by atoms with van der Waals surface area (Å²) >= 11 is 5.85. The second-order valence-corrected chi connectivity index (χ2v) is 4.38. The molecular formula is C13H10ClN5. The van der Waals surface area contributed by atoms with Gasteiger partial charge in [0.2, 0.25) is 0 Å². The van der Waals surface area contributed by atoms with Gasteiger partial charge in [0.15, 0.2) is 11.6 Å². The molecule has 2 heterocycles. The maximum absolute atomic E-state index is 5.85. The van der Waals surface area contributed by atoms with Gasteiger partial charge in [0.1, 0.15) is 5.82 Å². The molecule has 19 heavy (non-hydrogen) atoms. The Morgan fingerprint density at radius 3 is 2.58 bits per heavy atom. The Hall–Kier alpha value is -2.40. The van der Waals surface area contributed by atoms with E-state index in [0.717, 1.165) is 5.56 Å². The van der Waals surface area contributed by atoms with Crippen molar-refractivity contribution in [1.82, 2.24) is 19.7 Å². The molecule has 0 spiro atoms. The van der Waals surface area contributed by atoms with Crippen molar-refractivity contribution in [2.24, 2.45) is 0 Å². The topological polar surface area (TPSA) is 69.6 Å². The molecule has 0 saturated carbocycles. The molecule has 0 unspecified atom stereocenters. The second kappa shape index (κ2) is 4.70. The lowest BCUT2D eigenvalue weighted by Gasteiger charge is -2.05. The Labute approximate surface area is 114 Å².